The molecule has 0 aliphatic carbocycles. The van der Waals surface area contributed by atoms with Gasteiger partial charge in [0, 0.05) is 45.4 Å². The van der Waals surface area contributed by atoms with Crippen LogP contribution in [0.5, 0.6) is 5.75 Å². The van der Waals surface area contributed by atoms with Gasteiger partial charge >= 0.3 is 0 Å². The van der Waals surface area contributed by atoms with E-state index in [1.807, 2.05) is 35.2 Å². The van der Waals surface area contributed by atoms with E-state index in [2.05, 4.69) is 23.1 Å². The van der Waals surface area contributed by atoms with Crippen molar-refractivity contribution in [3.05, 3.63) is 65.2 Å². The summed E-state index contributed by atoms with van der Waals surface area (Å²) < 4.78 is 11.4. The molecule has 0 atom stereocenters. The van der Waals surface area contributed by atoms with E-state index in [4.69, 9.17) is 9.47 Å². The topological polar surface area (TPSA) is 42.0 Å². The highest BCUT2D eigenvalue weighted by molar-refractivity contribution is 5.96. The minimum atomic E-state index is 0.192. The number of carbonyl (C=O) groups excluding carboxylic acids is 1. The molecule has 0 spiro atoms. The number of nitrogens with zero attached hydrogens (tertiary/aromatic N) is 2. The van der Waals surface area contributed by atoms with Crippen LogP contribution >= 0.6 is 0 Å². The van der Waals surface area contributed by atoms with Crippen molar-refractivity contribution in [2.24, 2.45) is 0 Å². The Bertz CT molecular complexity index is 846. The van der Waals surface area contributed by atoms with Crippen LogP contribution in [-0.2, 0) is 17.8 Å². The standard InChI is InChI=1S/C25H32N2O3/c1-29-19-20-6-4-9-23(18-20)30-22-11-14-26(15-12-22)16-17-27-13-5-8-21-7-2-3-10-24(21)25(27)28/h2-4,6-7,9-10,18,22H,5,8,11-17,19H2,1H3. The molecule has 5 nitrogen and oxygen atoms in total. The molecule has 4 rings (SSSR count). The van der Waals surface area contributed by atoms with Crippen molar-refractivity contribution in [2.45, 2.75) is 38.4 Å². The van der Waals surface area contributed by atoms with Crippen molar-refractivity contribution in [2.75, 3.05) is 39.8 Å². The smallest absolute Gasteiger partial charge is 0.254 e. The number of hydrogen-bond acceptors (Lipinski definition) is 4. The van der Waals surface area contributed by atoms with Crippen molar-refractivity contribution in [3.8, 4) is 5.75 Å². The maximum Gasteiger partial charge on any atom is 0.254 e. The van der Waals surface area contributed by atoms with Gasteiger partial charge in [0.2, 0.25) is 0 Å². The highest BCUT2D eigenvalue weighted by Gasteiger charge is 2.24. The SMILES string of the molecule is COCc1cccc(OC2CCN(CCN3CCCc4ccccc4C3=O)CC2)c1. The van der Waals surface area contributed by atoms with Gasteiger partial charge in [-0.1, -0.05) is 30.3 Å². The summed E-state index contributed by atoms with van der Waals surface area (Å²) in [6.07, 6.45) is 4.33. The lowest BCUT2D eigenvalue weighted by molar-refractivity contribution is 0.0686. The molecular formula is C25H32N2O3. The van der Waals surface area contributed by atoms with Crippen LogP contribution in [0.3, 0.4) is 0 Å². The van der Waals surface area contributed by atoms with Crippen LogP contribution in [0.4, 0.5) is 0 Å². The number of rotatable bonds is 7. The second-order valence-corrected chi connectivity index (χ2v) is 8.29. The quantitative estimate of drug-likeness (QED) is 0.700. The Morgan fingerprint density at radius 1 is 1.00 bits per heavy atom. The average Bonchev–Trinajstić information content (AvgIpc) is 2.93. The molecule has 1 amide bonds. The van der Waals surface area contributed by atoms with Gasteiger partial charge in [-0.25, -0.2) is 0 Å². The summed E-state index contributed by atoms with van der Waals surface area (Å²) in [7, 11) is 1.71. The van der Waals surface area contributed by atoms with Crippen molar-refractivity contribution < 1.29 is 14.3 Å². The second kappa shape index (κ2) is 10.1. The van der Waals surface area contributed by atoms with Gasteiger partial charge in [-0.2, -0.15) is 0 Å². The van der Waals surface area contributed by atoms with Crippen LogP contribution < -0.4 is 4.74 Å². The number of fused-ring (bicyclic) bond motifs is 1. The van der Waals surface area contributed by atoms with E-state index < -0.39 is 0 Å². The van der Waals surface area contributed by atoms with E-state index in [1.54, 1.807) is 7.11 Å². The summed E-state index contributed by atoms with van der Waals surface area (Å²) in [5, 5.41) is 0. The molecule has 0 unspecified atom stereocenters. The third-order valence-corrected chi connectivity index (χ3v) is 6.14. The Labute approximate surface area is 179 Å². The van der Waals surface area contributed by atoms with Crippen LogP contribution in [0, 0.1) is 0 Å². The molecule has 0 N–H and O–H groups in total. The van der Waals surface area contributed by atoms with Crippen molar-refractivity contribution in [3.63, 3.8) is 0 Å². The molecular weight excluding hydrogens is 376 g/mol. The lowest BCUT2D eigenvalue weighted by Crippen LogP contribution is -2.43. The largest absolute Gasteiger partial charge is 0.490 e. The Morgan fingerprint density at radius 3 is 2.67 bits per heavy atom. The molecule has 2 heterocycles. The minimum Gasteiger partial charge on any atom is -0.490 e. The van der Waals surface area contributed by atoms with E-state index in [0.29, 0.717) is 6.61 Å². The zero-order valence-electron chi connectivity index (χ0n) is 17.9. The van der Waals surface area contributed by atoms with Crippen LogP contribution in [0.1, 0.15) is 40.7 Å². The fraction of sp³-hybridized carbons (Fsp3) is 0.480. The van der Waals surface area contributed by atoms with Gasteiger partial charge in [0.25, 0.3) is 5.91 Å². The Balaban J connectivity index is 1.24. The Morgan fingerprint density at radius 2 is 1.83 bits per heavy atom. The number of amides is 1. The van der Waals surface area contributed by atoms with Gasteiger partial charge in [-0.15, -0.1) is 0 Å². The second-order valence-electron chi connectivity index (χ2n) is 8.29. The normalized spacial score (nSPS) is 18.2. The molecule has 1 fully saturated rings. The first kappa shape index (κ1) is 20.9. The van der Waals surface area contributed by atoms with Crippen molar-refractivity contribution in [1.29, 1.82) is 0 Å². The Hall–Kier alpha value is -2.37. The summed E-state index contributed by atoms with van der Waals surface area (Å²) in [6, 6.07) is 16.2. The fourth-order valence-electron chi connectivity index (χ4n) is 4.47. The number of hydrogen-bond donors (Lipinski definition) is 0. The maximum absolute atomic E-state index is 12.9. The van der Waals surface area contributed by atoms with Crippen LogP contribution in [0.25, 0.3) is 0 Å². The van der Waals surface area contributed by atoms with E-state index in [9.17, 15) is 4.79 Å². The predicted octanol–water partition coefficient (Wildman–Crippen LogP) is 3.76. The number of piperidine rings is 1. The lowest BCUT2D eigenvalue weighted by atomic mass is 10.0. The Kier molecular flexibility index (Phi) is 7.03. The number of ether oxygens (including phenoxy) is 2. The van der Waals surface area contributed by atoms with Crippen LogP contribution in [0.2, 0.25) is 0 Å². The van der Waals surface area contributed by atoms with E-state index in [-0.39, 0.29) is 12.0 Å². The molecule has 0 aromatic heterocycles. The first-order valence-electron chi connectivity index (χ1n) is 11.1. The molecule has 1 saturated heterocycles. The van der Waals surface area contributed by atoms with Crippen molar-refractivity contribution >= 4 is 5.91 Å². The molecule has 0 radical (unpaired) electrons. The third kappa shape index (κ3) is 5.21. The third-order valence-electron chi connectivity index (χ3n) is 6.14. The first-order chi connectivity index (χ1) is 14.7. The molecule has 2 aliphatic rings. The number of carbonyl (C=O) groups is 1. The number of methoxy groups -OCH3 is 1. The monoisotopic (exact) mass is 408 g/mol. The minimum absolute atomic E-state index is 0.192. The van der Waals surface area contributed by atoms with Gasteiger partial charge in [-0.3, -0.25) is 4.79 Å². The summed E-state index contributed by atoms with van der Waals surface area (Å²) in [5.74, 6) is 1.12. The molecule has 0 saturated carbocycles. The summed E-state index contributed by atoms with van der Waals surface area (Å²) >= 11 is 0. The van der Waals surface area contributed by atoms with Gasteiger partial charge in [0.1, 0.15) is 11.9 Å². The molecule has 2 aliphatic heterocycles. The first-order valence-corrected chi connectivity index (χ1v) is 11.1. The molecule has 2 aromatic rings. The van der Waals surface area contributed by atoms with Gasteiger partial charge in [0.15, 0.2) is 0 Å². The summed E-state index contributed by atoms with van der Waals surface area (Å²) in [4.78, 5) is 17.4. The maximum atomic E-state index is 12.9. The number of likely N-dealkylation sites (tertiary alicyclic amines) is 1. The molecule has 2 aromatic carbocycles. The fourth-order valence-corrected chi connectivity index (χ4v) is 4.47. The van der Waals surface area contributed by atoms with Gasteiger partial charge in [0.05, 0.1) is 6.61 Å². The van der Waals surface area contributed by atoms with E-state index >= 15 is 0 Å². The van der Waals surface area contributed by atoms with Crippen LogP contribution in [-0.4, -0.2) is 61.6 Å². The molecule has 5 heteroatoms. The lowest BCUT2D eigenvalue weighted by Gasteiger charge is -2.33. The zero-order valence-corrected chi connectivity index (χ0v) is 17.9. The summed E-state index contributed by atoms with van der Waals surface area (Å²) in [5.41, 5.74) is 3.21. The average molecular weight is 409 g/mol. The van der Waals surface area contributed by atoms with E-state index in [0.717, 1.165) is 75.3 Å². The van der Waals surface area contributed by atoms with E-state index in [1.165, 1.54) is 5.56 Å². The molecule has 30 heavy (non-hydrogen) atoms. The molecule has 160 valence electrons. The van der Waals surface area contributed by atoms with Gasteiger partial charge < -0.3 is 19.3 Å². The van der Waals surface area contributed by atoms with Crippen LogP contribution in [0.15, 0.2) is 48.5 Å². The number of benzene rings is 2. The predicted molar refractivity (Wildman–Crippen MR) is 118 cm³/mol. The summed E-state index contributed by atoms with van der Waals surface area (Å²) in [6.45, 7) is 5.23. The van der Waals surface area contributed by atoms with Gasteiger partial charge in [-0.05, 0) is 55.0 Å². The van der Waals surface area contributed by atoms with Crippen molar-refractivity contribution in [1.82, 2.24) is 9.80 Å². The highest BCUT2D eigenvalue weighted by Crippen LogP contribution is 2.22. The molecule has 0 bridgehead atoms. The number of aryl methyl sites for hydroxylation is 1. The zero-order chi connectivity index (χ0) is 20.8. The highest BCUT2D eigenvalue weighted by atomic mass is 16.5.